The van der Waals surface area contributed by atoms with Crippen LogP contribution in [0.4, 0.5) is 4.39 Å². The number of halogens is 1. The van der Waals surface area contributed by atoms with Gasteiger partial charge in [0, 0.05) is 19.0 Å². The van der Waals surface area contributed by atoms with E-state index in [1.165, 1.54) is 27.8 Å². The van der Waals surface area contributed by atoms with E-state index in [4.69, 9.17) is 0 Å². The van der Waals surface area contributed by atoms with Crippen LogP contribution in [0.15, 0.2) is 46.7 Å². The Morgan fingerprint density at radius 2 is 1.96 bits per heavy atom. The number of benzene rings is 1. The lowest BCUT2D eigenvalue weighted by atomic mass is 9.94. The Kier molecular flexibility index (Phi) is 4.61. The van der Waals surface area contributed by atoms with Crippen LogP contribution in [0.2, 0.25) is 0 Å². The summed E-state index contributed by atoms with van der Waals surface area (Å²) >= 11 is 1.37. The quantitative estimate of drug-likeness (QED) is 0.794. The zero-order valence-electron chi connectivity index (χ0n) is 12.3. The Balaban J connectivity index is 1.80. The van der Waals surface area contributed by atoms with E-state index in [9.17, 15) is 17.6 Å². The molecule has 0 radical (unpaired) electrons. The fraction of sp³-hybridized carbons (Fsp3) is 0.312. The molecule has 2 aromatic rings. The molecule has 0 spiro atoms. The summed E-state index contributed by atoms with van der Waals surface area (Å²) in [5.74, 6) is -0.801. The Morgan fingerprint density at radius 3 is 2.61 bits per heavy atom. The van der Waals surface area contributed by atoms with Crippen LogP contribution in [0.3, 0.4) is 0 Å². The minimum absolute atomic E-state index is 0.000920. The van der Waals surface area contributed by atoms with Crippen molar-refractivity contribution in [2.75, 3.05) is 13.1 Å². The number of hydrogen-bond donors (Lipinski definition) is 0. The SMILES string of the molecule is O=C(c1cccs1)[C@@H]1CCCN(S(=O)(=O)c2ccc(F)cc2)C1. The molecule has 1 aliphatic heterocycles. The third kappa shape index (κ3) is 3.36. The van der Waals surface area contributed by atoms with Crippen molar-refractivity contribution >= 4 is 27.1 Å². The lowest BCUT2D eigenvalue weighted by molar-refractivity contribution is 0.0876. The molecule has 1 aromatic carbocycles. The van der Waals surface area contributed by atoms with Gasteiger partial charge in [-0.25, -0.2) is 12.8 Å². The predicted octanol–water partition coefficient (Wildman–Crippen LogP) is 3.17. The first-order valence-corrected chi connectivity index (χ1v) is 9.64. The van der Waals surface area contributed by atoms with Gasteiger partial charge < -0.3 is 0 Å². The van der Waals surface area contributed by atoms with Gasteiger partial charge in [0.25, 0.3) is 0 Å². The van der Waals surface area contributed by atoms with Gasteiger partial charge >= 0.3 is 0 Å². The Hall–Kier alpha value is -1.57. The lowest BCUT2D eigenvalue weighted by Crippen LogP contribution is -2.42. The molecule has 0 bridgehead atoms. The van der Waals surface area contributed by atoms with Gasteiger partial charge in [-0.05, 0) is 48.6 Å². The molecular formula is C16H16FNO3S2. The molecule has 0 N–H and O–H groups in total. The predicted molar refractivity (Wildman–Crippen MR) is 86.5 cm³/mol. The summed E-state index contributed by atoms with van der Waals surface area (Å²) in [4.78, 5) is 13.2. The average molecular weight is 353 g/mol. The Labute approximate surface area is 138 Å². The van der Waals surface area contributed by atoms with Crippen LogP contribution in [0.25, 0.3) is 0 Å². The second kappa shape index (κ2) is 6.51. The highest BCUT2D eigenvalue weighted by Crippen LogP contribution is 2.27. The van der Waals surface area contributed by atoms with Gasteiger partial charge in [-0.2, -0.15) is 4.31 Å². The zero-order chi connectivity index (χ0) is 16.4. The highest BCUT2D eigenvalue weighted by molar-refractivity contribution is 7.89. The van der Waals surface area contributed by atoms with Gasteiger partial charge in [-0.15, -0.1) is 11.3 Å². The van der Waals surface area contributed by atoms with Crippen molar-refractivity contribution in [1.29, 1.82) is 0 Å². The Morgan fingerprint density at radius 1 is 1.22 bits per heavy atom. The minimum atomic E-state index is -3.70. The maximum absolute atomic E-state index is 13.0. The van der Waals surface area contributed by atoms with Crippen molar-refractivity contribution in [2.24, 2.45) is 5.92 Å². The van der Waals surface area contributed by atoms with Crippen molar-refractivity contribution in [3.8, 4) is 0 Å². The van der Waals surface area contributed by atoms with Crippen molar-refractivity contribution in [3.63, 3.8) is 0 Å². The van der Waals surface area contributed by atoms with Gasteiger partial charge in [0.05, 0.1) is 9.77 Å². The van der Waals surface area contributed by atoms with Crippen molar-refractivity contribution in [3.05, 3.63) is 52.5 Å². The molecule has 1 aliphatic rings. The molecule has 1 saturated heterocycles. The molecule has 122 valence electrons. The van der Waals surface area contributed by atoms with Crippen molar-refractivity contribution < 1.29 is 17.6 Å². The molecule has 0 saturated carbocycles. The molecule has 1 aromatic heterocycles. The summed E-state index contributed by atoms with van der Waals surface area (Å²) in [6, 6.07) is 8.36. The molecule has 1 atom stereocenters. The molecule has 2 heterocycles. The third-order valence-corrected chi connectivity index (χ3v) is 6.73. The van der Waals surface area contributed by atoms with Gasteiger partial charge in [0.1, 0.15) is 5.82 Å². The molecule has 4 nitrogen and oxygen atoms in total. The van der Waals surface area contributed by atoms with Crippen LogP contribution in [-0.4, -0.2) is 31.6 Å². The average Bonchev–Trinajstić information content (AvgIpc) is 3.09. The number of rotatable bonds is 4. The second-order valence-electron chi connectivity index (χ2n) is 5.50. The van der Waals surface area contributed by atoms with Crippen molar-refractivity contribution in [1.82, 2.24) is 4.31 Å². The molecular weight excluding hydrogens is 337 g/mol. The standard InChI is InChI=1S/C16H16FNO3S2/c17-13-5-7-14(8-6-13)23(20,21)18-9-1-3-12(11-18)16(19)15-4-2-10-22-15/h2,4-8,10,12H,1,3,9,11H2/t12-/m1/s1. The molecule has 0 amide bonds. The van der Waals surface area contributed by atoms with Gasteiger partial charge in [-0.1, -0.05) is 6.07 Å². The molecule has 0 aliphatic carbocycles. The first-order chi connectivity index (χ1) is 11.0. The normalized spacial score (nSPS) is 19.6. The van der Waals surface area contributed by atoms with E-state index in [1.54, 1.807) is 6.07 Å². The number of hydrogen-bond acceptors (Lipinski definition) is 4. The fourth-order valence-corrected chi connectivity index (χ4v) is 5.02. The highest BCUT2D eigenvalue weighted by atomic mass is 32.2. The van der Waals surface area contributed by atoms with Crippen LogP contribution < -0.4 is 0 Å². The first-order valence-electron chi connectivity index (χ1n) is 7.32. The number of piperidine rings is 1. The van der Waals surface area contributed by atoms with E-state index in [0.29, 0.717) is 24.3 Å². The number of ketones is 1. The summed E-state index contributed by atoms with van der Waals surface area (Å²) in [5.41, 5.74) is 0. The zero-order valence-corrected chi connectivity index (χ0v) is 13.9. The molecule has 1 fully saturated rings. The van der Waals surface area contributed by atoms with Crippen molar-refractivity contribution in [2.45, 2.75) is 17.7 Å². The number of nitrogens with zero attached hydrogens (tertiary/aromatic N) is 1. The Bertz CT molecular complexity index is 785. The topological polar surface area (TPSA) is 54.5 Å². The van der Waals surface area contributed by atoms with Crippen LogP contribution in [0.5, 0.6) is 0 Å². The summed E-state index contributed by atoms with van der Waals surface area (Å²) in [5, 5.41) is 1.84. The van der Waals surface area contributed by atoms with Crippen LogP contribution in [-0.2, 0) is 10.0 Å². The maximum atomic E-state index is 13.0. The number of carbonyl (C=O) groups is 1. The van der Waals surface area contributed by atoms with E-state index in [-0.39, 0.29) is 23.1 Å². The lowest BCUT2D eigenvalue weighted by Gasteiger charge is -2.31. The molecule has 0 unspecified atom stereocenters. The number of thiophene rings is 1. The second-order valence-corrected chi connectivity index (χ2v) is 8.38. The largest absolute Gasteiger partial charge is 0.293 e. The van der Waals surface area contributed by atoms with Crippen LogP contribution >= 0.6 is 11.3 Å². The summed E-state index contributed by atoms with van der Waals surface area (Å²) in [7, 11) is -3.70. The van der Waals surface area contributed by atoms with Gasteiger partial charge in [0.15, 0.2) is 5.78 Å². The van der Waals surface area contributed by atoms with Crippen LogP contribution in [0.1, 0.15) is 22.5 Å². The first kappa shape index (κ1) is 16.3. The summed E-state index contributed by atoms with van der Waals surface area (Å²) in [6.45, 7) is 0.560. The molecule has 23 heavy (non-hydrogen) atoms. The summed E-state index contributed by atoms with van der Waals surface area (Å²) < 4.78 is 39.6. The van der Waals surface area contributed by atoms with Crippen LogP contribution in [0, 0.1) is 11.7 Å². The van der Waals surface area contributed by atoms with Gasteiger partial charge in [0.2, 0.25) is 10.0 Å². The fourth-order valence-electron chi connectivity index (χ4n) is 2.75. The van der Waals surface area contributed by atoms with E-state index in [1.807, 2.05) is 11.4 Å². The summed E-state index contributed by atoms with van der Waals surface area (Å²) in [6.07, 6.45) is 1.33. The van der Waals surface area contributed by atoms with E-state index >= 15 is 0 Å². The smallest absolute Gasteiger partial charge is 0.243 e. The monoisotopic (exact) mass is 353 g/mol. The van der Waals surface area contributed by atoms with E-state index in [2.05, 4.69) is 0 Å². The number of carbonyl (C=O) groups excluding carboxylic acids is 1. The van der Waals surface area contributed by atoms with Gasteiger partial charge in [-0.3, -0.25) is 4.79 Å². The molecule has 7 heteroatoms. The maximum Gasteiger partial charge on any atom is 0.243 e. The highest BCUT2D eigenvalue weighted by Gasteiger charge is 2.33. The minimum Gasteiger partial charge on any atom is -0.293 e. The van der Waals surface area contributed by atoms with E-state index < -0.39 is 15.8 Å². The molecule has 3 rings (SSSR count). The number of Topliss-reactive ketones (excluding diaryl/α,β-unsaturated/α-hetero) is 1. The number of sulfonamides is 1. The third-order valence-electron chi connectivity index (χ3n) is 3.97. The van der Waals surface area contributed by atoms with E-state index in [0.717, 1.165) is 12.1 Å².